The van der Waals surface area contributed by atoms with Gasteiger partial charge in [-0.3, -0.25) is 9.79 Å². The van der Waals surface area contributed by atoms with E-state index in [0.29, 0.717) is 6.04 Å². The van der Waals surface area contributed by atoms with Crippen LogP contribution in [0.4, 0.5) is 0 Å². The fourth-order valence-corrected chi connectivity index (χ4v) is 3.51. The molecule has 0 radical (unpaired) electrons. The number of hydrogen-bond acceptors (Lipinski definition) is 4. The van der Waals surface area contributed by atoms with E-state index in [9.17, 15) is 4.79 Å². The van der Waals surface area contributed by atoms with Gasteiger partial charge in [-0.2, -0.15) is 0 Å². The Balaban J connectivity index is 0.00000264. The molecule has 8 heteroatoms. The predicted molar refractivity (Wildman–Crippen MR) is 106 cm³/mol. The summed E-state index contributed by atoms with van der Waals surface area (Å²) in [5, 5.41) is 7.89. The van der Waals surface area contributed by atoms with Gasteiger partial charge in [-0.05, 0) is 26.7 Å². The van der Waals surface area contributed by atoms with Gasteiger partial charge in [-0.1, -0.05) is 0 Å². The Morgan fingerprint density at radius 3 is 2.52 bits per heavy atom. The number of guanidine groups is 1. The summed E-state index contributed by atoms with van der Waals surface area (Å²) in [6, 6.07) is 0.367. The third-order valence-corrected chi connectivity index (χ3v) is 4.99. The molecular formula is C15H26IN5OS. The van der Waals surface area contributed by atoms with E-state index in [1.165, 1.54) is 4.88 Å². The molecule has 0 atom stereocenters. The third-order valence-electron chi connectivity index (χ3n) is 3.92. The monoisotopic (exact) mass is 451 g/mol. The molecule has 1 aromatic heterocycles. The second-order valence-corrected chi connectivity index (χ2v) is 6.88. The van der Waals surface area contributed by atoms with Gasteiger partial charge in [-0.15, -0.1) is 35.3 Å². The largest absolute Gasteiger partial charge is 0.354 e. The first-order chi connectivity index (χ1) is 10.5. The molecule has 0 unspecified atom stereocenters. The van der Waals surface area contributed by atoms with Gasteiger partial charge in [0.2, 0.25) is 5.91 Å². The number of thiazole rings is 1. The summed E-state index contributed by atoms with van der Waals surface area (Å²) in [5.74, 6) is 0.976. The maximum atomic E-state index is 11.3. The minimum Gasteiger partial charge on any atom is -0.354 e. The van der Waals surface area contributed by atoms with Crippen LogP contribution in [0.3, 0.4) is 0 Å². The van der Waals surface area contributed by atoms with Crippen molar-refractivity contribution in [2.75, 3.05) is 20.1 Å². The molecule has 0 aliphatic carbocycles. The second kappa shape index (κ2) is 9.41. The molecule has 130 valence electrons. The Morgan fingerprint density at radius 1 is 1.39 bits per heavy atom. The molecule has 2 N–H and O–H groups in total. The van der Waals surface area contributed by atoms with Crippen molar-refractivity contribution in [3.63, 3.8) is 0 Å². The average molecular weight is 451 g/mol. The first-order valence-electron chi connectivity index (χ1n) is 7.65. The predicted octanol–water partition coefficient (Wildman–Crippen LogP) is 2.05. The number of nitrogens with zero attached hydrogens (tertiary/aromatic N) is 3. The van der Waals surface area contributed by atoms with Crippen LogP contribution >= 0.6 is 35.3 Å². The van der Waals surface area contributed by atoms with Crippen LogP contribution in [0.5, 0.6) is 0 Å². The number of carbonyl (C=O) groups excluding carboxylic acids is 1. The number of aryl methyl sites for hydroxylation is 2. The number of piperidine rings is 1. The molecule has 1 saturated heterocycles. The van der Waals surface area contributed by atoms with Crippen LogP contribution in [-0.2, 0) is 11.3 Å². The number of aliphatic imine (C=N–C) groups is 1. The summed E-state index contributed by atoms with van der Waals surface area (Å²) in [6.07, 6.45) is 1.91. The molecule has 1 aromatic rings. The minimum absolute atomic E-state index is 0. The van der Waals surface area contributed by atoms with E-state index in [0.717, 1.165) is 49.1 Å². The second-order valence-electron chi connectivity index (χ2n) is 5.59. The highest BCUT2D eigenvalue weighted by Crippen LogP contribution is 2.16. The topological polar surface area (TPSA) is 69.6 Å². The number of rotatable bonds is 3. The van der Waals surface area contributed by atoms with Crippen molar-refractivity contribution in [1.29, 1.82) is 0 Å². The van der Waals surface area contributed by atoms with Crippen molar-refractivity contribution in [3.05, 3.63) is 15.6 Å². The highest BCUT2D eigenvalue weighted by molar-refractivity contribution is 14.0. The van der Waals surface area contributed by atoms with Gasteiger partial charge in [0.1, 0.15) is 0 Å². The van der Waals surface area contributed by atoms with Crippen LogP contribution in [0.25, 0.3) is 0 Å². The summed E-state index contributed by atoms with van der Waals surface area (Å²) < 4.78 is 0. The van der Waals surface area contributed by atoms with Gasteiger partial charge in [0, 0.05) is 38.0 Å². The number of hydrogen-bond donors (Lipinski definition) is 2. The van der Waals surface area contributed by atoms with Crippen LogP contribution in [0.1, 0.15) is 35.3 Å². The molecule has 0 saturated carbocycles. The molecule has 1 aliphatic heterocycles. The third kappa shape index (κ3) is 5.91. The molecule has 1 aliphatic rings. The summed E-state index contributed by atoms with van der Waals surface area (Å²) in [7, 11) is 1.78. The number of aromatic nitrogens is 1. The van der Waals surface area contributed by atoms with E-state index >= 15 is 0 Å². The normalized spacial score (nSPS) is 16.0. The molecule has 2 heterocycles. The van der Waals surface area contributed by atoms with Crippen molar-refractivity contribution in [1.82, 2.24) is 20.5 Å². The number of amides is 1. The molecule has 1 amide bonds. The van der Waals surface area contributed by atoms with Gasteiger partial charge < -0.3 is 15.5 Å². The molecular weight excluding hydrogens is 425 g/mol. The molecule has 0 bridgehead atoms. The fraction of sp³-hybridized carbons (Fsp3) is 0.667. The van der Waals surface area contributed by atoms with Gasteiger partial charge in [0.25, 0.3) is 0 Å². The highest BCUT2D eigenvalue weighted by Gasteiger charge is 2.21. The zero-order valence-corrected chi connectivity index (χ0v) is 17.3. The van der Waals surface area contributed by atoms with E-state index in [-0.39, 0.29) is 29.9 Å². The van der Waals surface area contributed by atoms with E-state index in [1.807, 2.05) is 18.7 Å². The van der Waals surface area contributed by atoms with E-state index in [1.54, 1.807) is 25.3 Å². The van der Waals surface area contributed by atoms with Gasteiger partial charge in [0.15, 0.2) is 5.96 Å². The van der Waals surface area contributed by atoms with Gasteiger partial charge >= 0.3 is 0 Å². The maximum Gasteiger partial charge on any atom is 0.219 e. The Kier molecular flexibility index (Phi) is 8.24. The Labute approximate surface area is 159 Å². The van der Waals surface area contributed by atoms with E-state index in [4.69, 9.17) is 0 Å². The molecule has 0 aromatic carbocycles. The standard InChI is InChI=1S/C15H25N5OS.HI/c1-10-14(22-11(2)18-10)9-17-15(16-4)19-13-5-7-20(8-6-13)12(3)21;/h13H,5-9H2,1-4H3,(H2,16,17,19);1H. The van der Waals surface area contributed by atoms with Crippen molar-refractivity contribution >= 4 is 47.2 Å². The summed E-state index contributed by atoms with van der Waals surface area (Å²) in [6.45, 7) is 8.07. The lowest BCUT2D eigenvalue weighted by Gasteiger charge is -2.32. The first kappa shape index (κ1) is 20.1. The molecule has 23 heavy (non-hydrogen) atoms. The number of halogens is 1. The lowest BCUT2D eigenvalue weighted by atomic mass is 10.1. The van der Waals surface area contributed by atoms with Gasteiger partial charge in [0.05, 0.1) is 17.2 Å². The summed E-state index contributed by atoms with van der Waals surface area (Å²) in [4.78, 5) is 23.2. The molecule has 0 spiro atoms. The lowest BCUT2D eigenvalue weighted by molar-refractivity contribution is -0.129. The van der Waals surface area contributed by atoms with Crippen LogP contribution in [0.15, 0.2) is 4.99 Å². The van der Waals surface area contributed by atoms with Crippen LogP contribution in [0, 0.1) is 13.8 Å². The van der Waals surface area contributed by atoms with Crippen molar-refractivity contribution in [2.45, 2.75) is 46.2 Å². The molecule has 6 nitrogen and oxygen atoms in total. The quantitative estimate of drug-likeness (QED) is 0.420. The van der Waals surface area contributed by atoms with Crippen LogP contribution < -0.4 is 10.6 Å². The van der Waals surface area contributed by atoms with Gasteiger partial charge in [-0.25, -0.2) is 4.98 Å². The molecule has 2 rings (SSSR count). The maximum absolute atomic E-state index is 11.3. The Morgan fingerprint density at radius 2 is 2.04 bits per heavy atom. The Hall–Kier alpha value is -0.900. The first-order valence-corrected chi connectivity index (χ1v) is 8.47. The zero-order chi connectivity index (χ0) is 16.1. The SMILES string of the molecule is CN=C(NCc1sc(C)nc1C)NC1CCN(C(C)=O)CC1.I. The number of likely N-dealkylation sites (tertiary alicyclic amines) is 1. The minimum atomic E-state index is 0. The number of nitrogens with one attached hydrogen (secondary N) is 2. The van der Waals surface area contributed by atoms with Crippen LogP contribution in [0.2, 0.25) is 0 Å². The molecule has 1 fully saturated rings. The van der Waals surface area contributed by atoms with Crippen molar-refractivity contribution < 1.29 is 4.79 Å². The number of carbonyl (C=O) groups is 1. The summed E-state index contributed by atoms with van der Waals surface area (Å²) >= 11 is 1.72. The highest BCUT2D eigenvalue weighted by atomic mass is 127. The Bertz CT molecular complexity index is 552. The summed E-state index contributed by atoms with van der Waals surface area (Å²) in [5.41, 5.74) is 1.08. The average Bonchev–Trinajstić information content (AvgIpc) is 2.81. The van der Waals surface area contributed by atoms with Crippen LogP contribution in [-0.4, -0.2) is 47.9 Å². The smallest absolute Gasteiger partial charge is 0.219 e. The fourth-order valence-electron chi connectivity index (χ4n) is 2.63. The lowest BCUT2D eigenvalue weighted by Crippen LogP contribution is -2.49. The van der Waals surface area contributed by atoms with Crippen molar-refractivity contribution in [3.8, 4) is 0 Å². The van der Waals surface area contributed by atoms with E-state index < -0.39 is 0 Å². The zero-order valence-electron chi connectivity index (χ0n) is 14.2. The van der Waals surface area contributed by atoms with Crippen molar-refractivity contribution in [2.24, 2.45) is 4.99 Å². The van der Waals surface area contributed by atoms with E-state index in [2.05, 4.69) is 20.6 Å².